The summed E-state index contributed by atoms with van der Waals surface area (Å²) >= 11 is 1.80. The summed E-state index contributed by atoms with van der Waals surface area (Å²) in [5, 5.41) is 10.8. The molecule has 0 amide bonds. The normalized spacial score (nSPS) is 16.7. The van der Waals surface area contributed by atoms with Crippen molar-refractivity contribution >= 4 is 27.4 Å². The second-order valence-corrected chi connectivity index (χ2v) is 8.08. The average Bonchev–Trinajstić information content (AvgIpc) is 3.46. The number of aliphatic hydroxyl groups is 1. The first kappa shape index (κ1) is 16.1. The zero-order valence-corrected chi connectivity index (χ0v) is 15.4. The molecule has 1 N–H and O–H groups in total. The number of hydrogen-bond acceptors (Lipinski definition) is 7. The molecule has 1 saturated carbocycles. The largest absolute Gasteiger partial charge is 0.395 e. The lowest BCUT2D eigenvalue weighted by Crippen LogP contribution is -2.30. The van der Waals surface area contributed by atoms with Crippen LogP contribution < -0.4 is 4.90 Å². The van der Waals surface area contributed by atoms with Gasteiger partial charge < -0.3 is 10.0 Å². The van der Waals surface area contributed by atoms with Crippen LogP contribution in [0.5, 0.6) is 0 Å². The van der Waals surface area contributed by atoms with E-state index in [0.29, 0.717) is 24.1 Å². The summed E-state index contributed by atoms with van der Waals surface area (Å²) in [7, 11) is 0. The zero-order valence-electron chi connectivity index (χ0n) is 14.6. The van der Waals surface area contributed by atoms with E-state index in [4.69, 9.17) is 9.97 Å². The fourth-order valence-electron chi connectivity index (χ4n) is 3.83. The molecule has 3 aromatic heterocycles. The van der Waals surface area contributed by atoms with Gasteiger partial charge in [-0.1, -0.05) is 0 Å². The van der Waals surface area contributed by atoms with Crippen molar-refractivity contribution in [3.63, 3.8) is 0 Å². The highest BCUT2D eigenvalue weighted by Gasteiger charge is 2.33. The van der Waals surface area contributed by atoms with Crippen LogP contribution in [0, 0.1) is 0 Å². The van der Waals surface area contributed by atoms with Crippen molar-refractivity contribution in [1.29, 1.82) is 0 Å². The summed E-state index contributed by atoms with van der Waals surface area (Å²) < 4.78 is 0. The number of aryl methyl sites for hydroxylation is 2. The highest BCUT2D eigenvalue weighted by atomic mass is 32.1. The third kappa shape index (κ3) is 2.75. The van der Waals surface area contributed by atoms with Crippen LogP contribution in [0.1, 0.15) is 36.1 Å². The first-order valence-corrected chi connectivity index (χ1v) is 10.1. The molecule has 0 aliphatic heterocycles. The van der Waals surface area contributed by atoms with Gasteiger partial charge in [0.2, 0.25) is 0 Å². The Morgan fingerprint density at radius 3 is 2.81 bits per heavy atom. The maximum Gasteiger partial charge on any atom is 0.183 e. The van der Waals surface area contributed by atoms with Crippen LogP contribution in [-0.4, -0.2) is 44.2 Å². The predicted molar refractivity (Wildman–Crippen MR) is 103 cm³/mol. The fourth-order valence-corrected chi connectivity index (χ4v) is 5.09. The molecule has 2 aliphatic rings. The van der Waals surface area contributed by atoms with Crippen molar-refractivity contribution in [1.82, 2.24) is 19.9 Å². The number of aliphatic hydroxyl groups excluding tert-OH is 1. The minimum Gasteiger partial charge on any atom is -0.395 e. The SMILES string of the molecule is OCCN(c1nc(-c2cnccn2)nc2sc3c(c12)CCCC3)C1CC1. The van der Waals surface area contributed by atoms with E-state index in [0.717, 1.165) is 36.3 Å². The Hall–Kier alpha value is -2.12. The van der Waals surface area contributed by atoms with Crippen LogP contribution in [0.3, 0.4) is 0 Å². The van der Waals surface area contributed by atoms with Gasteiger partial charge in [0.05, 0.1) is 18.2 Å². The minimum atomic E-state index is 0.134. The fraction of sp³-hybridized carbons (Fsp3) is 0.474. The van der Waals surface area contributed by atoms with Gasteiger partial charge in [-0.05, 0) is 44.1 Å². The molecule has 26 heavy (non-hydrogen) atoms. The second-order valence-electron chi connectivity index (χ2n) is 7.00. The van der Waals surface area contributed by atoms with Gasteiger partial charge in [-0.15, -0.1) is 11.3 Å². The van der Waals surface area contributed by atoms with Crippen LogP contribution in [0.4, 0.5) is 5.82 Å². The smallest absolute Gasteiger partial charge is 0.183 e. The van der Waals surface area contributed by atoms with Gasteiger partial charge in [-0.25, -0.2) is 15.0 Å². The van der Waals surface area contributed by atoms with Crippen molar-refractivity contribution in [2.45, 2.75) is 44.6 Å². The second kappa shape index (κ2) is 6.55. The predicted octanol–water partition coefficient (Wildman–Crippen LogP) is 2.99. The molecule has 3 aromatic rings. The zero-order chi connectivity index (χ0) is 17.5. The molecule has 2 aliphatic carbocycles. The van der Waals surface area contributed by atoms with Gasteiger partial charge in [-0.2, -0.15) is 0 Å². The number of anilines is 1. The van der Waals surface area contributed by atoms with Crippen LogP contribution in [0.25, 0.3) is 21.7 Å². The molecular weight excluding hydrogens is 346 g/mol. The maximum absolute atomic E-state index is 9.62. The van der Waals surface area contributed by atoms with E-state index in [2.05, 4.69) is 14.9 Å². The van der Waals surface area contributed by atoms with Gasteiger partial charge in [0.25, 0.3) is 0 Å². The summed E-state index contributed by atoms with van der Waals surface area (Å²) in [5.74, 6) is 1.61. The number of aromatic nitrogens is 4. The Morgan fingerprint density at radius 2 is 2.04 bits per heavy atom. The number of fused-ring (bicyclic) bond motifs is 3. The van der Waals surface area contributed by atoms with Crippen molar-refractivity contribution in [2.24, 2.45) is 0 Å². The first-order valence-electron chi connectivity index (χ1n) is 9.31. The summed E-state index contributed by atoms with van der Waals surface area (Å²) in [6, 6.07) is 0.481. The lowest BCUT2D eigenvalue weighted by Gasteiger charge is -2.24. The van der Waals surface area contributed by atoms with Crippen LogP contribution >= 0.6 is 11.3 Å². The van der Waals surface area contributed by atoms with E-state index in [1.807, 2.05) is 0 Å². The third-order valence-electron chi connectivity index (χ3n) is 5.19. The molecule has 6 nitrogen and oxygen atoms in total. The highest BCUT2D eigenvalue weighted by molar-refractivity contribution is 7.19. The van der Waals surface area contributed by atoms with Crippen molar-refractivity contribution in [2.75, 3.05) is 18.1 Å². The van der Waals surface area contributed by atoms with Crippen LogP contribution in [0.2, 0.25) is 0 Å². The summed E-state index contributed by atoms with van der Waals surface area (Å²) in [4.78, 5) is 23.1. The van der Waals surface area contributed by atoms with Crippen molar-refractivity contribution in [3.8, 4) is 11.5 Å². The van der Waals surface area contributed by atoms with Gasteiger partial charge in [-0.3, -0.25) is 4.98 Å². The molecule has 3 heterocycles. The van der Waals surface area contributed by atoms with E-state index in [9.17, 15) is 5.11 Å². The molecule has 0 bridgehead atoms. The monoisotopic (exact) mass is 367 g/mol. The molecule has 5 rings (SSSR count). The maximum atomic E-state index is 9.62. The molecule has 0 spiro atoms. The topological polar surface area (TPSA) is 75.0 Å². The number of nitrogens with zero attached hydrogens (tertiary/aromatic N) is 5. The van der Waals surface area contributed by atoms with E-state index in [1.54, 1.807) is 29.9 Å². The number of hydrogen-bond donors (Lipinski definition) is 1. The molecule has 0 aromatic carbocycles. The first-order chi connectivity index (χ1) is 12.8. The third-order valence-corrected chi connectivity index (χ3v) is 6.37. The molecule has 0 radical (unpaired) electrons. The minimum absolute atomic E-state index is 0.134. The van der Waals surface area contributed by atoms with Crippen molar-refractivity contribution in [3.05, 3.63) is 29.0 Å². The Balaban J connectivity index is 1.74. The van der Waals surface area contributed by atoms with Crippen LogP contribution in [0.15, 0.2) is 18.6 Å². The molecule has 0 atom stereocenters. The van der Waals surface area contributed by atoms with Gasteiger partial charge in [0.15, 0.2) is 5.82 Å². The quantitative estimate of drug-likeness (QED) is 0.747. The molecule has 7 heteroatoms. The van der Waals surface area contributed by atoms with E-state index < -0.39 is 0 Å². The lowest BCUT2D eigenvalue weighted by molar-refractivity contribution is 0.301. The van der Waals surface area contributed by atoms with Gasteiger partial charge in [0.1, 0.15) is 16.3 Å². The Bertz CT molecular complexity index is 938. The standard InChI is InChI=1S/C19H21N5OS/c25-10-9-24(12-5-6-12)18-16-13-3-1-2-4-15(13)26-19(16)23-17(22-18)14-11-20-7-8-21-14/h7-8,11-12,25H,1-6,9-10H2. The van der Waals surface area contributed by atoms with Crippen LogP contribution in [-0.2, 0) is 12.8 Å². The molecule has 0 unspecified atom stereocenters. The molecule has 0 saturated heterocycles. The molecular formula is C19H21N5OS. The summed E-state index contributed by atoms with van der Waals surface area (Å²) in [5.41, 5.74) is 2.13. The Labute approximate surface area is 156 Å². The van der Waals surface area contributed by atoms with Crippen molar-refractivity contribution < 1.29 is 5.11 Å². The molecule has 134 valence electrons. The average molecular weight is 367 g/mol. The number of thiophene rings is 1. The van der Waals surface area contributed by atoms with Gasteiger partial charge >= 0.3 is 0 Å². The van der Waals surface area contributed by atoms with Gasteiger partial charge in [0, 0.05) is 29.9 Å². The Kier molecular flexibility index (Phi) is 4.05. The summed E-state index contributed by atoms with van der Waals surface area (Å²) in [6.45, 7) is 0.746. The summed E-state index contributed by atoms with van der Waals surface area (Å²) in [6.07, 6.45) is 12.1. The van der Waals surface area contributed by atoms with E-state index in [1.165, 1.54) is 28.7 Å². The lowest BCUT2D eigenvalue weighted by atomic mass is 9.97. The number of rotatable bonds is 5. The van der Waals surface area contributed by atoms with E-state index in [-0.39, 0.29) is 6.61 Å². The highest BCUT2D eigenvalue weighted by Crippen LogP contribution is 2.42. The Morgan fingerprint density at radius 1 is 1.15 bits per heavy atom. The molecule has 1 fully saturated rings. The van der Waals surface area contributed by atoms with E-state index >= 15 is 0 Å².